The molecule has 0 saturated carbocycles. The molecule has 0 aromatic carbocycles. The normalized spacial score (nSPS) is 24.1. The molecule has 9 heavy (non-hydrogen) atoms. The summed E-state index contributed by atoms with van der Waals surface area (Å²) >= 11 is 0. The van der Waals surface area contributed by atoms with Gasteiger partial charge in [-0.2, -0.15) is 0 Å². The first kappa shape index (κ1) is 6.81. The number of nitrogens with zero attached hydrogens (tertiary/aromatic N) is 1. The van der Waals surface area contributed by atoms with Crippen LogP contribution in [0.25, 0.3) is 0 Å². The topological polar surface area (TPSA) is 0 Å². The second-order valence-corrected chi connectivity index (χ2v) is 3.25. The second kappa shape index (κ2) is 2.53. The molecule has 1 heteroatoms. The molecule has 0 bridgehead atoms. The average molecular weight is 126 g/mol. The Kier molecular flexibility index (Phi) is 1.91. The van der Waals surface area contributed by atoms with E-state index < -0.39 is 0 Å². The second-order valence-electron chi connectivity index (χ2n) is 3.25. The molecule has 1 aliphatic heterocycles. The Bertz CT molecular complexity index is 101. The van der Waals surface area contributed by atoms with Crippen molar-refractivity contribution in [3.05, 3.63) is 12.7 Å². The first-order valence-electron chi connectivity index (χ1n) is 3.71. The lowest BCUT2D eigenvalue weighted by molar-refractivity contribution is -0.891. The van der Waals surface area contributed by atoms with Crippen molar-refractivity contribution < 1.29 is 4.48 Å². The minimum absolute atomic E-state index is 1.15. The van der Waals surface area contributed by atoms with E-state index in [1.165, 1.54) is 30.4 Å². The van der Waals surface area contributed by atoms with E-state index in [0.717, 1.165) is 6.54 Å². The van der Waals surface area contributed by atoms with Crippen LogP contribution in [0.5, 0.6) is 0 Å². The van der Waals surface area contributed by atoms with E-state index >= 15 is 0 Å². The van der Waals surface area contributed by atoms with Crippen molar-refractivity contribution in [2.24, 2.45) is 0 Å². The fraction of sp³-hybridized carbons (Fsp3) is 0.750. The Labute approximate surface area is 57.6 Å². The molecule has 0 aromatic rings. The van der Waals surface area contributed by atoms with Crippen LogP contribution in [0.15, 0.2) is 12.7 Å². The molecule has 1 heterocycles. The van der Waals surface area contributed by atoms with Crippen molar-refractivity contribution in [3.8, 4) is 0 Å². The van der Waals surface area contributed by atoms with Crippen LogP contribution in [0.1, 0.15) is 12.8 Å². The van der Waals surface area contributed by atoms with E-state index in [9.17, 15) is 0 Å². The van der Waals surface area contributed by atoms with Gasteiger partial charge in [-0.15, -0.1) is 0 Å². The number of quaternary nitrogens is 1. The smallest absolute Gasteiger partial charge is 0.0969 e. The van der Waals surface area contributed by atoms with E-state index in [0.29, 0.717) is 0 Å². The van der Waals surface area contributed by atoms with Gasteiger partial charge in [0, 0.05) is 12.8 Å². The summed E-state index contributed by atoms with van der Waals surface area (Å²) in [5, 5.41) is 0. The molecule has 0 radical (unpaired) electrons. The molecule has 1 saturated heterocycles. The molecule has 0 aromatic heterocycles. The van der Waals surface area contributed by atoms with Crippen molar-refractivity contribution in [1.29, 1.82) is 0 Å². The number of likely N-dealkylation sites (N-methyl/N-ethyl adjacent to an activating group) is 1. The summed E-state index contributed by atoms with van der Waals surface area (Å²) in [6.07, 6.45) is 4.85. The van der Waals surface area contributed by atoms with Gasteiger partial charge in [0.25, 0.3) is 0 Å². The number of likely N-dealkylation sites (tertiary alicyclic amines) is 1. The molecule has 0 atom stereocenters. The fourth-order valence-corrected chi connectivity index (χ4v) is 1.59. The van der Waals surface area contributed by atoms with Crippen molar-refractivity contribution in [2.75, 3.05) is 26.7 Å². The molecule has 0 unspecified atom stereocenters. The summed E-state index contributed by atoms with van der Waals surface area (Å²) in [7, 11) is 2.31. The average Bonchev–Trinajstić information content (AvgIpc) is 2.16. The van der Waals surface area contributed by atoms with Crippen LogP contribution in [0.4, 0.5) is 0 Å². The highest BCUT2D eigenvalue weighted by atomic mass is 15.3. The summed E-state index contributed by atoms with van der Waals surface area (Å²) in [6, 6.07) is 0. The molecule has 0 amide bonds. The highest BCUT2D eigenvalue weighted by Crippen LogP contribution is 2.15. The predicted octanol–water partition coefficient (Wildman–Crippen LogP) is 1.41. The third-order valence-corrected chi connectivity index (χ3v) is 2.22. The molecule has 1 rings (SSSR count). The van der Waals surface area contributed by atoms with Gasteiger partial charge in [-0.1, -0.05) is 6.58 Å². The zero-order valence-corrected chi connectivity index (χ0v) is 6.27. The van der Waals surface area contributed by atoms with Crippen LogP contribution in [-0.4, -0.2) is 31.2 Å². The van der Waals surface area contributed by atoms with Gasteiger partial charge in [-0.25, -0.2) is 0 Å². The molecule has 0 N–H and O–H groups in total. The summed E-state index contributed by atoms with van der Waals surface area (Å²) < 4.78 is 1.23. The van der Waals surface area contributed by atoms with Gasteiger partial charge in [0.1, 0.15) is 0 Å². The minimum atomic E-state index is 1.15. The maximum atomic E-state index is 3.75. The van der Waals surface area contributed by atoms with Gasteiger partial charge in [-0.3, -0.25) is 0 Å². The summed E-state index contributed by atoms with van der Waals surface area (Å²) in [5.41, 5.74) is 0. The van der Waals surface area contributed by atoms with Crippen LogP contribution >= 0.6 is 0 Å². The van der Waals surface area contributed by atoms with Crippen LogP contribution in [0.3, 0.4) is 0 Å². The SMILES string of the molecule is C=CC[N+]1(C)CCCC1. The predicted molar refractivity (Wildman–Crippen MR) is 40.2 cm³/mol. The third-order valence-electron chi connectivity index (χ3n) is 2.22. The standard InChI is InChI=1S/C8H16N/c1-3-6-9(2)7-4-5-8-9/h3H,1,4-8H2,2H3/q+1. The molecule has 1 fully saturated rings. The monoisotopic (exact) mass is 126 g/mol. The maximum absolute atomic E-state index is 3.75. The molecule has 1 nitrogen and oxygen atoms in total. The van der Waals surface area contributed by atoms with Gasteiger partial charge in [0.15, 0.2) is 0 Å². The minimum Gasteiger partial charge on any atom is -0.323 e. The van der Waals surface area contributed by atoms with E-state index in [2.05, 4.69) is 13.6 Å². The number of hydrogen-bond acceptors (Lipinski definition) is 0. The van der Waals surface area contributed by atoms with E-state index in [1.54, 1.807) is 0 Å². The summed E-state index contributed by atoms with van der Waals surface area (Å²) in [5.74, 6) is 0. The van der Waals surface area contributed by atoms with Crippen molar-refractivity contribution >= 4 is 0 Å². The number of rotatable bonds is 2. The van der Waals surface area contributed by atoms with Gasteiger partial charge >= 0.3 is 0 Å². The summed E-state index contributed by atoms with van der Waals surface area (Å²) in [6.45, 7) is 7.61. The van der Waals surface area contributed by atoms with E-state index in [1.807, 2.05) is 6.08 Å². The molecule has 1 aliphatic rings. The Morgan fingerprint density at radius 3 is 2.44 bits per heavy atom. The lowest BCUT2D eigenvalue weighted by atomic mass is 10.4. The largest absolute Gasteiger partial charge is 0.323 e. The highest BCUT2D eigenvalue weighted by Gasteiger charge is 2.24. The van der Waals surface area contributed by atoms with Crippen LogP contribution < -0.4 is 0 Å². The van der Waals surface area contributed by atoms with Gasteiger partial charge in [0.05, 0.1) is 26.7 Å². The molecule has 0 aliphatic carbocycles. The van der Waals surface area contributed by atoms with Crippen molar-refractivity contribution in [1.82, 2.24) is 0 Å². The first-order valence-corrected chi connectivity index (χ1v) is 3.71. The first-order chi connectivity index (χ1) is 4.27. The molecule has 52 valence electrons. The molecular formula is C8H16N+. The maximum Gasteiger partial charge on any atom is 0.0969 e. The highest BCUT2D eigenvalue weighted by molar-refractivity contribution is 4.67. The zero-order chi connectivity index (χ0) is 6.74. The van der Waals surface area contributed by atoms with Crippen LogP contribution in [0, 0.1) is 0 Å². The van der Waals surface area contributed by atoms with Crippen molar-refractivity contribution in [3.63, 3.8) is 0 Å². The zero-order valence-electron chi connectivity index (χ0n) is 6.27. The Hall–Kier alpha value is -0.300. The number of hydrogen-bond donors (Lipinski definition) is 0. The molecule has 0 spiro atoms. The Morgan fingerprint density at radius 1 is 1.44 bits per heavy atom. The van der Waals surface area contributed by atoms with Gasteiger partial charge in [0.2, 0.25) is 0 Å². The Morgan fingerprint density at radius 2 is 2.00 bits per heavy atom. The third kappa shape index (κ3) is 1.55. The van der Waals surface area contributed by atoms with E-state index in [-0.39, 0.29) is 0 Å². The quantitative estimate of drug-likeness (QED) is 0.387. The summed E-state index contributed by atoms with van der Waals surface area (Å²) in [4.78, 5) is 0. The van der Waals surface area contributed by atoms with E-state index in [4.69, 9.17) is 0 Å². The lowest BCUT2D eigenvalue weighted by Gasteiger charge is -2.27. The molecular weight excluding hydrogens is 110 g/mol. The van der Waals surface area contributed by atoms with Gasteiger partial charge < -0.3 is 4.48 Å². The van der Waals surface area contributed by atoms with Crippen LogP contribution in [-0.2, 0) is 0 Å². The van der Waals surface area contributed by atoms with Crippen LogP contribution in [0.2, 0.25) is 0 Å². The lowest BCUT2D eigenvalue weighted by Crippen LogP contribution is -2.40. The Balaban J connectivity index is 2.40. The van der Waals surface area contributed by atoms with Gasteiger partial charge in [-0.05, 0) is 6.08 Å². The fourth-order valence-electron chi connectivity index (χ4n) is 1.59. The van der Waals surface area contributed by atoms with Crippen molar-refractivity contribution in [2.45, 2.75) is 12.8 Å².